The number of halogens is 9. The zero-order valence-corrected chi connectivity index (χ0v) is 25.4. The van der Waals surface area contributed by atoms with E-state index in [1.54, 1.807) is 13.8 Å². The first kappa shape index (κ1) is 21.7. The minimum Gasteiger partial charge on any atom is -0.411 e. The molecule has 25 heavy (non-hydrogen) atoms. The molecule has 0 spiro atoms. The van der Waals surface area contributed by atoms with E-state index in [1.807, 2.05) is 0 Å². The Bertz CT molecular complexity index is 853. The topological polar surface area (TPSA) is 53.5 Å². The average Bonchev–Trinajstić information content (AvgIpc) is 3.08. The fourth-order valence-electron chi connectivity index (χ4n) is 1.87. The smallest absolute Gasteiger partial charge is 0.265 e. The molecule has 0 atom stereocenters. The van der Waals surface area contributed by atoms with Crippen molar-refractivity contribution in [3.63, 3.8) is 0 Å². The summed E-state index contributed by atoms with van der Waals surface area (Å²) < 4.78 is 11.6. The lowest BCUT2D eigenvalue weighted by Crippen LogP contribution is -2.44. The maximum atomic E-state index is 4.54. The lowest BCUT2D eigenvalue weighted by molar-refractivity contribution is 0.743. The number of aromatic nitrogens is 6. The Morgan fingerprint density at radius 2 is 0.720 bits per heavy atom. The van der Waals surface area contributed by atoms with Crippen molar-refractivity contribution in [2.24, 2.45) is 0 Å². The molecule has 16 heteroatoms. The Labute approximate surface area is 217 Å². The molecular formula is C9BBr9N6-. The Morgan fingerprint density at radius 3 is 0.880 bits per heavy atom. The van der Waals surface area contributed by atoms with E-state index in [2.05, 4.69) is 159 Å². The summed E-state index contributed by atoms with van der Waals surface area (Å²) in [4.78, 5) is 0. The molecule has 0 saturated heterocycles. The zero-order valence-electron chi connectivity index (χ0n) is 11.2. The van der Waals surface area contributed by atoms with Crippen LogP contribution in [0.1, 0.15) is 0 Å². The minimum absolute atomic E-state index is 0.564. The minimum atomic E-state index is -0.564. The normalized spacial score (nSPS) is 11.8. The van der Waals surface area contributed by atoms with Gasteiger partial charge in [-0.25, -0.2) is 15.3 Å². The molecule has 0 unspecified atom stereocenters. The number of rotatable bonds is 3. The van der Waals surface area contributed by atoms with Crippen LogP contribution in [0.3, 0.4) is 0 Å². The van der Waals surface area contributed by atoms with Gasteiger partial charge in [-0.2, -0.15) is 0 Å². The van der Waals surface area contributed by atoms with E-state index >= 15 is 0 Å². The molecule has 0 aliphatic rings. The lowest BCUT2D eigenvalue weighted by Gasteiger charge is -2.32. The highest BCUT2D eigenvalue weighted by Gasteiger charge is 2.24. The molecule has 6 nitrogen and oxygen atoms in total. The Morgan fingerprint density at radius 1 is 0.480 bits per heavy atom. The molecule has 0 aliphatic carbocycles. The zero-order chi connectivity index (χ0) is 18.6. The fraction of sp³-hybridized carbons (Fsp3) is 0. The molecule has 0 bridgehead atoms. The molecule has 1 radical (unpaired) electrons. The fourth-order valence-corrected chi connectivity index (χ4v) is 5.88. The van der Waals surface area contributed by atoms with Crippen molar-refractivity contribution in [3.05, 3.63) is 41.0 Å². The van der Waals surface area contributed by atoms with Gasteiger partial charge in [0.2, 0.25) is 0 Å². The molecule has 133 valence electrons. The van der Waals surface area contributed by atoms with Gasteiger partial charge in [0.25, 0.3) is 7.12 Å². The first-order chi connectivity index (χ1) is 11.6. The number of hydrogen-bond donors (Lipinski definition) is 0. The third kappa shape index (κ3) is 3.90. The predicted molar refractivity (Wildman–Crippen MR) is 128 cm³/mol. The molecule has 3 aromatic rings. The summed E-state index contributed by atoms with van der Waals surface area (Å²) in [6.45, 7) is 0. The van der Waals surface area contributed by atoms with Crippen molar-refractivity contribution in [2.45, 2.75) is 0 Å². The van der Waals surface area contributed by atoms with Gasteiger partial charge in [0, 0.05) is 0 Å². The second-order valence-electron chi connectivity index (χ2n) is 4.37. The second-order valence-corrected chi connectivity index (χ2v) is 11.3. The van der Waals surface area contributed by atoms with E-state index in [1.165, 1.54) is 0 Å². The van der Waals surface area contributed by atoms with Crippen LogP contribution in [0.4, 0.5) is 0 Å². The van der Waals surface area contributed by atoms with Crippen LogP contribution in [0.15, 0.2) is 41.0 Å². The average molecular weight is 922 g/mol. The molecule has 0 N–H and O–H groups in total. The molecule has 0 aliphatic heterocycles. The van der Waals surface area contributed by atoms with Crippen molar-refractivity contribution in [3.8, 4) is 0 Å². The standard InChI is InChI=1S/C9BBr9N6/c11-1-4(14)20-23(7(1)17)10(24-8(18)2(12)5(15)21-24)25-9(19)3(13)6(16)22-25/q-1. The van der Waals surface area contributed by atoms with Crippen LogP contribution in [0.2, 0.25) is 0 Å². The van der Waals surface area contributed by atoms with E-state index in [0.29, 0.717) is 27.6 Å². The van der Waals surface area contributed by atoms with Crippen molar-refractivity contribution in [2.75, 3.05) is 0 Å². The van der Waals surface area contributed by atoms with Gasteiger partial charge in [0.05, 0.1) is 27.2 Å². The third-order valence-corrected chi connectivity index (χ3v) is 12.3. The lowest BCUT2D eigenvalue weighted by atomic mass is 9.96. The van der Waals surface area contributed by atoms with Crippen LogP contribution < -0.4 is 0 Å². The summed E-state index contributed by atoms with van der Waals surface area (Å²) in [7, 11) is -0.564. The van der Waals surface area contributed by atoms with Gasteiger partial charge in [-0.1, -0.05) is 0 Å². The molecule has 3 rings (SSSR count). The van der Waals surface area contributed by atoms with Gasteiger partial charge >= 0.3 is 0 Å². The molecular weight excluding hydrogens is 922 g/mol. The van der Waals surface area contributed by atoms with Gasteiger partial charge in [-0.3, -0.25) is 0 Å². The van der Waals surface area contributed by atoms with Gasteiger partial charge in [0.1, 0.15) is 13.8 Å². The Hall–Kier alpha value is 2.01. The summed E-state index contributed by atoms with van der Waals surface area (Å²) in [6, 6.07) is 0. The maximum Gasteiger partial charge on any atom is 0.265 e. The van der Waals surface area contributed by atoms with Crippen LogP contribution in [0, 0.1) is 0 Å². The van der Waals surface area contributed by atoms with Crippen LogP contribution >= 0.6 is 143 Å². The van der Waals surface area contributed by atoms with Gasteiger partial charge in [0.15, 0.2) is 0 Å². The summed E-state index contributed by atoms with van der Waals surface area (Å²) in [5.74, 6) is 0. The largest absolute Gasteiger partial charge is 0.411 e. The summed E-state index contributed by atoms with van der Waals surface area (Å²) in [5, 5.41) is 13.6. The quantitative estimate of drug-likeness (QED) is 0.265. The monoisotopic (exact) mass is 913 g/mol. The summed E-state index contributed by atoms with van der Waals surface area (Å²) in [6.07, 6.45) is 0. The first-order valence-corrected chi connectivity index (χ1v) is 13.1. The van der Waals surface area contributed by atoms with E-state index < -0.39 is 7.12 Å². The van der Waals surface area contributed by atoms with Crippen molar-refractivity contribution in [1.82, 2.24) is 29.1 Å². The third-order valence-electron chi connectivity index (χ3n) is 2.93. The molecule has 0 saturated carbocycles. The molecule has 0 fully saturated rings. The van der Waals surface area contributed by atoms with E-state index in [4.69, 9.17) is 0 Å². The molecule has 3 heterocycles. The Kier molecular flexibility index (Phi) is 7.30. The van der Waals surface area contributed by atoms with Crippen molar-refractivity contribution in [1.29, 1.82) is 0 Å². The van der Waals surface area contributed by atoms with E-state index in [0.717, 1.165) is 13.4 Å². The van der Waals surface area contributed by atoms with Gasteiger partial charge in [-0.05, 0) is 143 Å². The maximum absolute atomic E-state index is 4.54. The highest BCUT2D eigenvalue weighted by molar-refractivity contribution is 9.15. The highest BCUT2D eigenvalue weighted by atomic mass is 79.9. The van der Waals surface area contributed by atoms with Gasteiger partial charge < -0.3 is 13.8 Å². The SMILES string of the molecule is Brc1nn([B-](n2nc(Br)c(Br)c2Br)n2nc(Br)c(Br)c2Br)c(Br)c1Br. The summed E-state index contributed by atoms with van der Waals surface area (Å²) >= 11 is 31.4. The predicted octanol–water partition coefficient (Wildman–Crippen LogP) is 7.07. The van der Waals surface area contributed by atoms with Crippen molar-refractivity contribution < 1.29 is 0 Å². The number of nitrogens with zero attached hydrogens (tertiary/aromatic N) is 6. The van der Waals surface area contributed by atoms with Crippen LogP contribution in [-0.4, -0.2) is 36.2 Å². The van der Waals surface area contributed by atoms with E-state index in [9.17, 15) is 0 Å². The number of hydrogen-bond acceptors (Lipinski definition) is 3. The van der Waals surface area contributed by atoms with Crippen LogP contribution in [0.25, 0.3) is 0 Å². The molecule has 0 aromatic carbocycles. The Balaban J connectivity index is 2.34. The summed E-state index contributed by atoms with van der Waals surface area (Å²) in [5.41, 5.74) is 0. The highest BCUT2D eigenvalue weighted by Crippen LogP contribution is 2.36. The van der Waals surface area contributed by atoms with Crippen molar-refractivity contribution >= 4 is 150 Å². The van der Waals surface area contributed by atoms with Crippen LogP contribution in [0.5, 0.6) is 0 Å². The van der Waals surface area contributed by atoms with Crippen LogP contribution in [-0.2, 0) is 0 Å². The van der Waals surface area contributed by atoms with E-state index in [-0.39, 0.29) is 0 Å². The first-order valence-electron chi connectivity index (χ1n) is 5.92. The molecule has 0 amide bonds. The van der Waals surface area contributed by atoms with Gasteiger partial charge in [-0.15, -0.1) is 0 Å². The molecule has 3 aromatic heterocycles. The second kappa shape index (κ2) is 8.40.